The van der Waals surface area contributed by atoms with Crippen LogP contribution in [-0.2, 0) is 17.4 Å². The van der Waals surface area contributed by atoms with Crippen LogP contribution in [0.4, 0.5) is 13.2 Å². The molecule has 3 aromatic rings. The average molecular weight is 482 g/mol. The summed E-state index contributed by atoms with van der Waals surface area (Å²) in [4.78, 5) is 33.2. The molecular formula is C22H22F3N3O2S2. The lowest BCUT2D eigenvalue weighted by Gasteiger charge is -2.17. The highest BCUT2D eigenvalue weighted by Crippen LogP contribution is 2.32. The van der Waals surface area contributed by atoms with Crippen molar-refractivity contribution >= 4 is 45.7 Å². The number of carbonyl (C=O) groups is 2. The summed E-state index contributed by atoms with van der Waals surface area (Å²) in [5, 5.41) is 3.46. The second-order valence-corrected chi connectivity index (χ2v) is 10.2. The first-order chi connectivity index (χ1) is 14.9. The van der Waals surface area contributed by atoms with Crippen LogP contribution in [0.3, 0.4) is 0 Å². The molecule has 0 aliphatic rings. The first kappa shape index (κ1) is 24.2. The van der Waals surface area contributed by atoms with Crippen LogP contribution >= 0.6 is 23.1 Å². The minimum atomic E-state index is -4.67. The zero-order valence-electron chi connectivity index (χ0n) is 17.7. The summed E-state index contributed by atoms with van der Waals surface area (Å²) in [6.07, 6.45) is -4.08. The van der Waals surface area contributed by atoms with Gasteiger partial charge in [-0.15, -0.1) is 11.3 Å². The number of benzene rings is 1. The van der Waals surface area contributed by atoms with Gasteiger partial charge >= 0.3 is 6.18 Å². The lowest BCUT2D eigenvalue weighted by atomic mass is 9.96. The van der Waals surface area contributed by atoms with Gasteiger partial charge in [-0.05, 0) is 24.6 Å². The van der Waals surface area contributed by atoms with Crippen molar-refractivity contribution in [2.24, 2.45) is 5.41 Å². The summed E-state index contributed by atoms with van der Waals surface area (Å²) >= 11 is 2.29. The number of ketones is 1. The molecule has 5 nitrogen and oxygen atoms in total. The van der Waals surface area contributed by atoms with Gasteiger partial charge in [-0.1, -0.05) is 50.7 Å². The molecule has 0 fully saturated rings. The van der Waals surface area contributed by atoms with Crippen LogP contribution in [0.2, 0.25) is 0 Å². The zero-order valence-corrected chi connectivity index (χ0v) is 19.4. The first-order valence-corrected chi connectivity index (χ1v) is 11.6. The summed E-state index contributed by atoms with van der Waals surface area (Å²) in [6.45, 7) is 5.97. The summed E-state index contributed by atoms with van der Waals surface area (Å²) in [5.74, 6) is -1.50. The van der Waals surface area contributed by atoms with E-state index in [9.17, 15) is 22.8 Å². The number of nitrogens with one attached hydrogen (secondary N) is 1. The number of rotatable bonds is 7. The number of nitrogens with zero attached hydrogens (tertiary/aromatic N) is 2. The molecule has 0 aliphatic carbocycles. The average Bonchev–Trinajstić information content (AvgIpc) is 3.19. The van der Waals surface area contributed by atoms with Gasteiger partial charge in [-0.2, -0.15) is 13.2 Å². The Labute approximate surface area is 191 Å². The van der Waals surface area contributed by atoms with E-state index in [0.717, 1.165) is 16.6 Å². The van der Waals surface area contributed by atoms with E-state index in [2.05, 4.69) is 15.3 Å². The number of aromatic nitrogens is 2. The fraction of sp³-hybridized carbons (Fsp3) is 0.364. The molecule has 2 aromatic heterocycles. The van der Waals surface area contributed by atoms with E-state index in [0.29, 0.717) is 23.2 Å². The van der Waals surface area contributed by atoms with Crippen LogP contribution in [0, 0.1) is 5.41 Å². The molecule has 10 heteroatoms. The Morgan fingerprint density at radius 3 is 2.47 bits per heavy atom. The standard InChI is InChI=1S/C22H22F3N3O2S2/c1-21(2,3)20(30)26-11-10-13-8-9-17(32-13)16(29)12-31-18-14-6-4-5-7-15(14)27-19(28-18)22(23,24)25/h4-9H,10-12H2,1-3H3,(H,26,30). The van der Waals surface area contributed by atoms with Gasteiger partial charge < -0.3 is 5.32 Å². The first-order valence-electron chi connectivity index (χ1n) is 9.82. The van der Waals surface area contributed by atoms with E-state index in [1.165, 1.54) is 17.4 Å². The van der Waals surface area contributed by atoms with Crippen molar-refractivity contribution < 1.29 is 22.8 Å². The number of thioether (sulfide) groups is 1. The van der Waals surface area contributed by atoms with Crippen LogP contribution in [0.5, 0.6) is 0 Å². The number of hydrogen-bond donors (Lipinski definition) is 1. The lowest BCUT2D eigenvalue weighted by Crippen LogP contribution is -2.35. The van der Waals surface area contributed by atoms with Crippen molar-refractivity contribution in [3.8, 4) is 0 Å². The maximum absolute atomic E-state index is 13.2. The van der Waals surface area contributed by atoms with Crippen molar-refractivity contribution in [3.63, 3.8) is 0 Å². The zero-order chi connectivity index (χ0) is 23.5. The molecule has 0 saturated heterocycles. The summed E-state index contributed by atoms with van der Waals surface area (Å²) in [5.41, 5.74) is -0.286. The number of amides is 1. The van der Waals surface area contributed by atoms with E-state index in [1.807, 2.05) is 26.8 Å². The highest BCUT2D eigenvalue weighted by molar-refractivity contribution is 8.00. The highest BCUT2D eigenvalue weighted by Gasteiger charge is 2.35. The predicted molar refractivity (Wildman–Crippen MR) is 120 cm³/mol. The van der Waals surface area contributed by atoms with Gasteiger partial charge in [-0.25, -0.2) is 9.97 Å². The number of carbonyl (C=O) groups excluding carboxylic acids is 2. The number of para-hydroxylation sites is 1. The summed E-state index contributed by atoms with van der Waals surface area (Å²) in [6, 6.07) is 9.95. The third kappa shape index (κ3) is 6.07. The smallest absolute Gasteiger partial charge is 0.355 e. The maximum atomic E-state index is 13.2. The van der Waals surface area contributed by atoms with Gasteiger partial charge in [0.15, 0.2) is 5.78 Å². The molecule has 1 amide bonds. The Kier molecular flexibility index (Phi) is 7.24. The normalized spacial score (nSPS) is 12.2. The van der Waals surface area contributed by atoms with E-state index in [4.69, 9.17) is 0 Å². The molecular weight excluding hydrogens is 459 g/mol. The van der Waals surface area contributed by atoms with E-state index in [1.54, 1.807) is 24.3 Å². The third-order valence-corrected chi connectivity index (χ3v) is 6.61. The van der Waals surface area contributed by atoms with Crippen LogP contribution in [0.25, 0.3) is 10.9 Å². The molecule has 0 radical (unpaired) electrons. The molecule has 0 spiro atoms. The second-order valence-electron chi connectivity index (χ2n) is 8.10. The van der Waals surface area contributed by atoms with Crippen LogP contribution in [-0.4, -0.2) is 34.0 Å². The van der Waals surface area contributed by atoms with E-state index < -0.39 is 17.4 Å². The third-order valence-electron chi connectivity index (χ3n) is 4.44. The van der Waals surface area contributed by atoms with E-state index >= 15 is 0 Å². The fourth-order valence-electron chi connectivity index (χ4n) is 2.72. The van der Waals surface area contributed by atoms with Gasteiger partial charge in [0.1, 0.15) is 5.03 Å². The van der Waals surface area contributed by atoms with Crippen LogP contribution in [0.1, 0.15) is 41.1 Å². The number of Topliss-reactive ketones (excluding diaryl/α,β-unsaturated/α-hetero) is 1. The topological polar surface area (TPSA) is 72.0 Å². The molecule has 0 aliphatic heterocycles. The monoisotopic (exact) mass is 481 g/mol. The molecule has 2 heterocycles. The maximum Gasteiger partial charge on any atom is 0.451 e. The largest absolute Gasteiger partial charge is 0.451 e. The fourth-order valence-corrected chi connectivity index (χ4v) is 4.65. The van der Waals surface area contributed by atoms with Crippen molar-refractivity contribution in [2.45, 2.75) is 38.4 Å². The van der Waals surface area contributed by atoms with Gasteiger partial charge in [0.25, 0.3) is 0 Å². The predicted octanol–water partition coefficient (Wildman–Crippen LogP) is 5.39. The van der Waals surface area contributed by atoms with Crippen LogP contribution < -0.4 is 5.32 Å². The Hall–Kier alpha value is -2.46. The SMILES string of the molecule is CC(C)(C)C(=O)NCCc1ccc(C(=O)CSc2nc(C(F)(F)F)nc3ccccc23)s1. The molecule has 1 aromatic carbocycles. The number of hydrogen-bond acceptors (Lipinski definition) is 6. The molecule has 0 bridgehead atoms. The summed E-state index contributed by atoms with van der Waals surface area (Å²) < 4.78 is 39.5. The number of halogens is 3. The molecule has 170 valence electrons. The molecule has 3 rings (SSSR count). The minimum absolute atomic E-state index is 0.0426. The van der Waals surface area contributed by atoms with Crippen molar-refractivity contribution in [1.29, 1.82) is 0 Å². The van der Waals surface area contributed by atoms with Crippen molar-refractivity contribution in [1.82, 2.24) is 15.3 Å². The molecule has 32 heavy (non-hydrogen) atoms. The number of alkyl halides is 3. The number of thiophene rings is 1. The quantitative estimate of drug-likeness (QED) is 0.278. The molecule has 1 N–H and O–H groups in total. The van der Waals surface area contributed by atoms with Crippen molar-refractivity contribution in [3.05, 3.63) is 52.0 Å². The Morgan fingerprint density at radius 1 is 1.06 bits per heavy atom. The summed E-state index contributed by atoms with van der Waals surface area (Å²) in [7, 11) is 0. The van der Waals surface area contributed by atoms with Crippen molar-refractivity contribution in [2.75, 3.05) is 12.3 Å². The second kappa shape index (κ2) is 9.58. The van der Waals surface area contributed by atoms with Gasteiger partial charge in [0, 0.05) is 22.2 Å². The molecule has 0 atom stereocenters. The Bertz CT molecular complexity index is 1140. The molecule has 0 saturated carbocycles. The minimum Gasteiger partial charge on any atom is -0.355 e. The number of fused-ring (bicyclic) bond motifs is 1. The molecule has 0 unspecified atom stereocenters. The van der Waals surface area contributed by atoms with Gasteiger partial charge in [0.05, 0.1) is 16.1 Å². The Balaban J connectivity index is 1.65. The van der Waals surface area contributed by atoms with E-state index in [-0.39, 0.29) is 28.0 Å². The van der Waals surface area contributed by atoms with Gasteiger partial charge in [-0.3, -0.25) is 9.59 Å². The Morgan fingerprint density at radius 2 is 1.78 bits per heavy atom. The van der Waals surface area contributed by atoms with Crippen LogP contribution in [0.15, 0.2) is 41.4 Å². The highest BCUT2D eigenvalue weighted by atomic mass is 32.2. The van der Waals surface area contributed by atoms with Gasteiger partial charge in [0.2, 0.25) is 11.7 Å². The lowest BCUT2D eigenvalue weighted by molar-refractivity contribution is -0.145.